The maximum atomic E-state index is 13.0. The summed E-state index contributed by atoms with van der Waals surface area (Å²) in [6.07, 6.45) is 0. The zero-order valence-corrected chi connectivity index (χ0v) is 7.08. The SMILES string of the molecule is Cc1nc2c(F)c(F)ccc2s1. The number of aryl methyl sites for hydroxylation is 1. The van der Waals surface area contributed by atoms with Crippen molar-refractivity contribution in [2.45, 2.75) is 6.92 Å². The topological polar surface area (TPSA) is 12.9 Å². The van der Waals surface area contributed by atoms with Gasteiger partial charge in [0.15, 0.2) is 11.6 Å². The van der Waals surface area contributed by atoms with E-state index in [9.17, 15) is 8.78 Å². The van der Waals surface area contributed by atoms with E-state index in [0.717, 1.165) is 11.1 Å². The first-order valence-electron chi connectivity index (χ1n) is 3.39. The van der Waals surface area contributed by atoms with Gasteiger partial charge in [0.05, 0.1) is 9.71 Å². The van der Waals surface area contributed by atoms with Crippen LogP contribution in [-0.2, 0) is 0 Å². The summed E-state index contributed by atoms with van der Waals surface area (Å²) in [6, 6.07) is 2.66. The van der Waals surface area contributed by atoms with Gasteiger partial charge >= 0.3 is 0 Å². The Hall–Kier alpha value is -1.03. The fraction of sp³-hybridized carbons (Fsp3) is 0.125. The molecule has 0 saturated carbocycles. The number of benzene rings is 1. The lowest BCUT2D eigenvalue weighted by Gasteiger charge is -1.90. The Morgan fingerprint density at radius 3 is 2.83 bits per heavy atom. The number of hydrogen-bond acceptors (Lipinski definition) is 2. The van der Waals surface area contributed by atoms with Crippen LogP contribution in [0.25, 0.3) is 10.2 Å². The monoisotopic (exact) mass is 185 g/mol. The number of hydrogen-bond donors (Lipinski definition) is 0. The molecule has 0 radical (unpaired) electrons. The molecule has 2 rings (SSSR count). The van der Waals surface area contributed by atoms with Crippen LogP contribution >= 0.6 is 11.3 Å². The smallest absolute Gasteiger partial charge is 0.185 e. The zero-order chi connectivity index (χ0) is 8.72. The van der Waals surface area contributed by atoms with Crippen molar-refractivity contribution in [1.29, 1.82) is 0 Å². The Balaban J connectivity index is 2.89. The third kappa shape index (κ3) is 0.992. The lowest BCUT2D eigenvalue weighted by Crippen LogP contribution is -1.83. The molecule has 0 unspecified atom stereocenters. The Kier molecular flexibility index (Phi) is 1.58. The molecule has 0 aliphatic heterocycles. The van der Waals surface area contributed by atoms with Crippen LogP contribution in [0.3, 0.4) is 0 Å². The van der Waals surface area contributed by atoms with E-state index < -0.39 is 11.6 Å². The summed E-state index contributed by atoms with van der Waals surface area (Å²) in [6.45, 7) is 1.77. The highest BCUT2D eigenvalue weighted by Crippen LogP contribution is 2.24. The molecule has 0 amide bonds. The maximum absolute atomic E-state index is 13.0. The number of nitrogens with zero attached hydrogens (tertiary/aromatic N) is 1. The minimum atomic E-state index is -0.850. The second-order valence-corrected chi connectivity index (χ2v) is 3.68. The Morgan fingerprint density at radius 2 is 2.08 bits per heavy atom. The maximum Gasteiger partial charge on any atom is 0.185 e. The van der Waals surface area contributed by atoms with Gasteiger partial charge in [0, 0.05) is 0 Å². The molecule has 1 nitrogen and oxygen atoms in total. The highest BCUT2D eigenvalue weighted by Gasteiger charge is 2.09. The Morgan fingerprint density at radius 1 is 1.33 bits per heavy atom. The number of rotatable bonds is 0. The van der Waals surface area contributed by atoms with Crippen LogP contribution in [0.2, 0.25) is 0 Å². The first kappa shape index (κ1) is 7.61. The lowest BCUT2D eigenvalue weighted by molar-refractivity contribution is 0.515. The first-order chi connectivity index (χ1) is 5.68. The Bertz CT molecular complexity index is 436. The van der Waals surface area contributed by atoms with Crippen molar-refractivity contribution in [3.8, 4) is 0 Å². The van der Waals surface area contributed by atoms with Crippen LogP contribution in [0.15, 0.2) is 12.1 Å². The molecular formula is C8H5F2NS. The van der Waals surface area contributed by atoms with E-state index in [1.165, 1.54) is 11.3 Å². The molecule has 1 heterocycles. The van der Waals surface area contributed by atoms with Gasteiger partial charge < -0.3 is 0 Å². The molecule has 12 heavy (non-hydrogen) atoms. The molecule has 0 spiro atoms. The molecule has 0 bridgehead atoms. The molecule has 0 aliphatic rings. The van der Waals surface area contributed by atoms with Crippen molar-refractivity contribution in [2.75, 3.05) is 0 Å². The molecule has 4 heteroatoms. The molecule has 2 aromatic rings. The number of halogens is 2. The van der Waals surface area contributed by atoms with Crippen molar-refractivity contribution in [3.63, 3.8) is 0 Å². The van der Waals surface area contributed by atoms with Gasteiger partial charge in [0.1, 0.15) is 5.52 Å². The van der Waals surface area contributed by atoms with Crippen LogP contribution in [0.5, 0.6) is 0 Å². The summed E-state index contributed by atoms with van der Waals surface area (Å²) in [7, 11) is 0. The van der Waals surface area contributed by atoms with E-state index in [1.54, 1.807) is 13.0 Å². The van der Waals surface area contributed by atoms with E-state index in [-0.39, 0.29) is 5.52 Å². The molecule has 62 valence electrons. The van der Waals surface area contributed by atoms with Crippen LogP contribution in [0.4, 0.5) is 8.78 Å². The molecule has 0 fully saturated rings. The van der Waals surface area contributed by atoms with Gasteiger partial charge in [-0.1, -0.05) is 0 Å². The third-order valence-corrected chi connectivity index (χ3v) is 2.49. The van der Waals surface area contributed by atoms with E-state index in [2.05, 4.69) is 4.98 Å². The van der Waals surface area contributed by atoms with Crippen molar-refractivity contribution in [3.05, 3.63) is 28.8 Å². The summed E-state index contributed by atoms with van der Waals surface area (Å²) in [5.74, 6) is -1.69. The molecule has 0 N–H and O–H groups in total. The van der Waals surface area contributed by atoms with Crippen molar-refractivity contribution in [2.24, 2.45) is 0 Å². The molecule has 0 aliphatic carbocycles. The number of aromatic nitrogens is 1. The minimum absolute atomic E-state index is 0.137. The summed E-state index contributed by atoms with van der Waals surface area (Å²) in [5.41, 5.74) is 0.137. The van der Waals surface area contributed by atoms with Crippen molar-refractivity contribution < 1.29 is 8.78 Å². The van der Waals surface area contributed by atoms with Gasteiger partial charge in [-0.25, -0.2) is 13.8 Å². The highest BCUT2D eigenvalue weighted by molar-refractivity contribution is 7.18. The summed E-state index contributed by atoms with van der Waals surface area (Å²) in [4.78, 5) is 3.88. The van der Waals surface area contributed by atoms with Gasteiger partial charge in [0.2, 0.25) is 0 Å². The molecule has 0 atom stereocenters. The van der Waals surface area contributed by atoms with Gasteiger partial charge in [-0.15, -0.1) is 11.3 Å². The van der Waals surface area contributed by atoms with E-state index in [4.69, 9.17) is 0 Å². The fourth-order valence-electron chi connectivity index (χ4n) is 1.05. The second-order valence-electron chi connectivity index (χ2n) is 2.44. The average Bonchev–Trinajstić information content (AvgIpc) is 2.39. The van der Waals surface area contributed by atoms with Gasteiger partial charge in [-0.3, -0.25) is 0 Å². The molecule has 0 saturated heterocycles. The second kappa shape index (κ2) is 2.48. The highest BCUT2D eigenvalue weighted by atomic mass is 32.1. The summed E-state index contributed by atoms with van der Waals surface area (Å²) < 4.78 is 26.3. The minimum Gasteiger partial charge on any atom is -0.238 e. The van der Waals surface area contributed by atoms with Crippen LogP contribution < -0.4 is 0 Å². The largest absolute Gasteiger partial charge is 0.238 e. The van der Waals surface area contributed by atoms with E-state index in [0.29, 0.717) is 4.70 Å². The molecular weight excluding hydrogens is 180 g/mol. The van der Waals surface area contributed by atoms with Crippen LogP contribution in [0, 0.1) is 18.6 Å². The summed E-state index contributed by atoms with van der Waals surface area (Å²) in [5, 5.41) is 0.745. The van der Waals surface area contributed by atoms with Crippen molar-refractivity contribution >= 4 is 21.6 Å². The average molecular weight is 185 g/mol. The standard InChI is InChI=1S/C8H5F2NS/c1-4-11-8-6(12-4)3-2-5(9)7(8)10/h2-3H,1H3. The molecule has 1 aromatic carbocycles. The fourth-order valence-corrected chi connectivity index (χ4v) is 1.87. The van der Waals surface area contributed by atoms with Gasteiger partial charge in [0.25, 0.3) is 0 Å². The van der Waals surface area contributed by atoms with Gasteiger partial charge in [-0.2, -0.15) is 0 Å². The van der Waals surface area contributed by atoms with E-state index >= 15 is 0 Å². The predicted molar refractivity (Wildman–Crippen MR) is 44.3 cm³/mol. The van der Waals surface area contributed by atoms with Crippen LogP contribution in [-0.4, -0.2) is 4.98 Å². The summed E-state index contributed by atoms with van der Waals surface area (Å²) >= 11 is 1.36. The van der Waals surface area contributed by atoms with Crippen LogP contribution in [0.1, 0.15) is 5.01 Å². The number of fused-ring (bicyclic) bond motifs is 1. The Labute approximate surface area is 71.7 Å². The quantitative estimate of drug-likeness (QED) is 0.615. The normalized spacial score (nSPS) is 10.9. The molecule has 1 aromatic heterocycles. The third-order valence-electron chi connectivity index (χ3n) is 1.56. The number of thiazole rings is 1. The van der Waals surface area contributed by atoms with Crippen molar-refractivity contribution in [1.82, 2.24) is 4.98 Å². The lowest BCUT2D eigenvalue weighted by atomic mass is 10.3. The van der Waals surface area contributed by atoms with E-state index in [1.807, 2.05) is 0 Å². The predicted octanol–water partition coefficient (Wildman–Crippen LogP) is 2.88. The zero-order valence-electron chi connectivity index (χ0n) is 6.27. The van der Waals surface area contributed by atoms with Gasteiger partial charge in [-0.05, 0) is 19.1 Å². The first-order valence-corrected chi connectivity index (χ1v) is 4.21.